The molecule has 0 amide bonds. The van der Waals surface area contributed by atoms with Crippen LogP contribution in [0.15, 0.2) is 60.8 Å². The SMILES string of the molecule is CCCCC/C=C/C/C=C/C/C=C/CCCCCCC(=O)OC[C@H](CO[C@H]1O[C@H](CS(=O)(=O)O)[C@@H](O)C(O)C1O)OC(=O)/C=C/C=C/CCCCCCCCCCCCC. The topological polar surface area (TPSA) is 186 Å². The highest BCUT2D eigenvalue weighted by Crippen LogP contribution is 2.24. The fourth-order valence-corrected chi connectivity index (χ4v) is 7.28. The minimum atomic E-state index is -4.62. The summed E-state index contributed by atoms with van der Waals surface area (Å²) in [4.78, 5) is 25.3. The molecular weight excluding hydrogens is 789 g/mol. The fourth-order valence-electron chi connectivity index (χ4n) is 6.59. The van der Waals surface area contributed by atoms with Crippen LogP contribution in [-0.4, -0.2) is 96.0 Å². The van der Waals surface area contributed by atoms with Gasteiger partial charge in [-0.1, -0.05) is 158 Å². The van der Waals surface area contributed by atoms with Crippen LogP contribution in [0.25, 0.3) is 0 Å². The van der Waals surface area contributed by atoms with Gasteiger partial charge in [0.25, 0.3) is 10.1 Å². The molecule has 12 nitrogen and oxygen atoms in total. The van der Waals surface area contributed by atoms with Crippen LogP contribution in [0, 0.1) is 0 Å². The third-order valence-electron chi connectivity index (χ3n) is 10.2. The largest absolute Gasteiger partial charge is 0.462 e. The Labute approximate surface area is 362 Å². The number of carbonyl (C=O) groups is 2. The standard InChI is InChI=1S/C47H80O12S/c1-3-5-7-9-11-13-15-17-19-20-22-23-25-27-29-31-33-35-42(48)56-37-40(38-57-47-46(52)45(51)44(50)41(59-47)39-60(53,54)55)58-43(49)36-34-32-30-28-26-24-21-18-16-14-12-10-8-6-4-2/h11,13,17,19,22-23,30,32,34,36,40-41,44-47,50-52H,3-10,12,14-16,18,20-21,24-29,31,33,35,37-39H2,1-2H3,(H,53,54,55)/b13-11+,19-17+,23-22+,32-30+,36-34+/t40-,41-,44-,45?,46?,47+/m1/s1. The van der Waals surface area contributed by atoms with Crippen LogP contribution in [0.2, 0.25) is 0 Å². The van der Waals surface area contributed by atoms with Crippen molar-refractivity contribution in [3.63, 3.8) is 0 Å². The maximum Gasteiger partial charge on any atom is 0.331 e. The van der Waals surface area contributed by atoms with E-state index >= 15 is 0 Å². The lowest BCUT2D eigenvalue weighted by Gasteiger charge is -2.40. The van der Waals surface area contributed by atoms with Gasteiger partial charge in [0, 0.05) is 12.5 Å². The highest BCUT2D eigenvalue weighted by molar-refractivity contribution is 7.85. The van der Waals surface area contributed by atoms with E-state index < -0.39 is 71.2 Å². The van der Waals surface area contributed by atoms with E-state index in [2.05, 4.69) is 50.3 Å². The van der Waals surface area contributed by atoms with Crippen molar-refractivity contribution in [2.75, 3.05) is 19.0 Å². The summed E-state index contributed by atoms with van der Waals surface area (Å²) in [6.07, 6.45) is 36.1. The molecule has 0 aromatic carbocycles. The minimum absolute atomic E-state index is 0.172. The molecule has 6 atom stereocenters. The molecule has 0 bridgehead atoms. The van der Waals surface area contributed by atoms with Crippen molar-refractivity contribution in [3.05, 3.63) is 60.8 Å². The number of carbonyl (C=O) groups excluding carboxylic acids is 2. The second-order valence-corrected chi connectivity index (χ2v) is 17.3. The minimum Gasteiger partial charge on any atom is -0.462 e. The number of hydrogen-bond acceptors (Lipinski definition) is 11. The van der Waals surface area contributed by atoms with Gasteiger partial charge in [-0.05, 0) is 57.8 Å². The third kappa shape index (κ3) is 31.2. The van der Waals surface area contributed by atoms with Crippen LogP contribution in [0.3, 0.4) is 0 Å². The van der Waals surface area contributed by atoms with E-state index in [-0.39, 0.29) is 13.0 Å². The quantitative estimate of drug-likeness (QED) is 0.0116. The third-order valence-corrected chi connectivity index (χ3v) is 10.9. The van der Waals surface area contributed by atoms with E-state index in [9.17, 15) is 37.9 Å². The first-order valence-electron chi connectivity index (χ1n) is 22.9. The molecule has 1 rings (SSSR count). The molecule has 1 fully saturated rings. The molecule has 1 aliphatic rings. The predicted molar refractivity (Wildman–Crippen MR) is 238 cm³/mol. The van der Waals surface area contributed by atoms with Gasteiger partial charge in [-0.25, -0.2) is 4.79 Å². The van der Waals surface area contributed by atoms with Crippen molar-refractivity contribution in [1.29, 1.82) is 0 Å². The number of aliphatic hydroxyl groups is 3. The molecule has 0 saturated carbocycles. The van der Waals surface area contributed by atoms with Crippen molar-refractivity contribution < 1.29 is 56.8 Å². The summed E-state index contributed by atoms with van der Waals surface area (Å²) in [6.45, 7) is 3.61. The van der Waals surface area contributed by atoms with Gasteiger partial charge in [-0.15, -0.1) is 0 Å². The van der Waals surface area contributed by atoms with Crippen molar-refractivity contribution in [2.45, 2.75) is 205 Å². The van der Waals surface area contributed by atoms with Crippen molar-refractivity contribution >= 4 is 22.1 Å². The highest BCUT2D eigenvalue weighted by atomic mass is 32.2. The first-order valence-corrected chi connectivity index (χ1v) is 24.5. The maximum absolute atomic E-state index is 12.7. The van der Waals surface area contributed by atoms with Gasteiger partial charge in [0.15, 0.2) is 12.4 Å². The summed E-state index contributed by atoms with van der Waals surface area (Å²) in [5.74, 6) is -2.28. The molecular formula is C47H80O12S. The summed E-state index contributed by atoms with van der Waals surface area (Å²) in [7, 11) is -4.62. The van der Waals surface area contributed by atoms with Crippen LogP contribution in [0.4, 0.5) is 0 Å². The summed E-state index contributed by atoms with van der Waals surface area (Å²) in [5.41, 5.74) is 0. The van der Waals surface area contributed by atoms with Gasteiger partial charge in [0.2, 0.25) is 0 Å². The molecule has 0 radical (unpaired) electrons. The van der Waals surface area contributed by atoms with Gasteiger partial charge in [-0.2, -0.15) is 8.42 Å². The molecule has 4 N–H and O–H groups in total. The Morgan fingerprint density at radius 1 is 0.617 bits per heavy atom. The van der Waals surface area contributed by atoms with Gasteiger partial charge in [0.05, 0.1) is 6.61 Å². The molecule has 0 aromatic heterocycles. The Morgan fingerprint density at radius 2 is 1.12 bits per heavy atom. The van der Waals surface area contributed by atoms with E-state index in [4.69, 9.17) is 18.9 Å². The zero-order valence-corrected chi connectivity index (χ0v) is 37.6. The number of esters is 2. The molecule has 1 heterocycles. The molecule has 1 aliphatic heterocycles. The zero-order chi connectivity index (χ0) is 44.1. The first kappa shape index (κ1) is 55.4. The monoisotopic (exact) mass is 869 g/mol. The molecule has 60 heavy (non-hydrogen) atoms. The van der Waals surface area contributed by atoms with Crippen molar-refractivity contribution in [3.8, 4) is 0 Å². The van der Waals surface area contributed by atoms with Crippen LogP contribution in [0.5, 0.6) is 0 Å². The summed E-state index contributed by atoms with van der Waals surface area (Å²) >= 11 is 0. The second kappa shape index (κ2) is 37.0. The Balaban J connectivity index is 2.52. The van der Waals surface area contributed by atoms with Crippen molar-refractivity contribution in [2.24, 2.45) is 0 Å². The van der Waals surface area contributed by atoms with Crippen LogP contribution >= 0.6 is 0 Å². The highest BCUT2D eigenvalue weighted by Gasteiger charge is 2.46. The molecule has 0 spiro atoms. The van der Waals surface area contributed by atoms with Crippen LogP contribution in [0.1, 0.15) is 168 Å². The van der Waals surface area contributed by atoms with Gasteiger partial charge < -0.3 is 34.3 Å². The summed E-state index contributed by atoms with van der Waals surface area (Å²) < 4.78 is 53.8. The van der Waals surface area contributed by atoms with E-state index in [1.54, 1.807) is 12.2 Å². The Hall–Kier alpha value is -2.65. The molecule has 2 unspecified atom stereocenters. The lowest BCUT2D eigenvalue weighted by molar-refractivity contribution is -0.297. The Bertz CT molecular complexity index is 1340. The molecule has 13 heteroatoms. The zero-order valence-electron chi connectivity index (χ0n) is 36.8. The van der Waals surface area contributed by atoms with E-state index in [0.717, 1.165) is 64.2 Å². The lowest BCUT2D eigenvalue weighted by Crippen LogP contribution is -2.60. The first-order chi connectivity index (χ1) is 29.0. The van der Waals surface area contributed by atoms with Crippen LogP contribution < -0.4 is 0 Å². The van der Waals surface area contributed by atoms with Gasteiger partial charge >= 0.3 is 11.9 Å². The number of ether oxygens (including phenoxy) is 4. The molecule has 0 aliphatic carbocycles. The van der Waals surface area contributed by atoms with Crippen LogP contribution in [-0.2, 0) is 38.7 Å². The second-order valence-electron chi connectivity index (χ2n) is 15.8. The van der Waals surface area contributed by atoms with E-state index in [1.807, 2.05) is 6.08 Å². The van der Waals surface area contributed by atoms with Gasteiger partial charge in [0.1, 0.15) is 36.8 Å². The summed E-state index contributed by atoms with van der Waals surface area (Å²) in [6, 6.07) is 0. The Morgan fingerprint density at radius 3 is 1.70 bits per heavy atom. The number of allylic oxidation sites excluding steroid dienone is 9. The normalized spacial score (nSPS) is 20.7. The average Bonchev–Trinajstić information content (AvgIpc) is 3.21. The van der Waals surface area contributed by atoms with E-state index in [1.165, 1.54) is 83.1 Å². The number of aliphatic hydroxyl groups excluding tert-OH is 3. The lowest BCUT2D eigenvalue weighted by atomic mass is 10.00. The maximum atomic E-state index is 12.7. The van der Waals surface area contributed by atoms with Gasteiger partial charge in [-0.3, -0.25) is 9.35 Å². The molecule has 346 valence electrons. The van der Waals surface area contributed by atoms with E-state index in [0.29, 0.717) is 6.42 Å². The van der Waals surface area contributed by atoms with Crippen molar-refractivity contribution in [1.82, 2.24) is 0 Å². The Kier molecular flexibility index (Phi) is 34.1. The number of hydrogen-bond donors (Lipinski definition) is 4. The molecule has 0 aromatic rings. The smallest absolute Gasteiger partial charge is 0.331 e. The predicted octanol–water partition coefficient (Wildman–Crippen LogP) is 9.34. The number of rotatable bonds is 37. The average molecular weight is 869 g/mol. The number of unbranched alkanes of at least 4 members (excludes halogenated alkanes) is 18. The summed E-state index contributed by atoms with van der Waals surface area (Å²) in [5, 5.41) is 30.8. The fraction of sp³-hybridized carbons (Fsp3) is 0.745. The molecule has 1 saturated heterocycles.